The van der Waals surface area contributed by atoms with E-state index in [1.807, 2.05) is 0 Å². The van der Waals surface area contributed by atoms with Crippen LogP contribution in [-0.4, -0.2) is 17.7 Å². The van der Waals surface area contributed by atoms with Crippen LogP contribution in [0.3, 0.4) is 0 Å². The molecule has 0 atom stereocenters. The first-order valence-corrected chi connectivity index (χ1v) is 5.10. The predicted molar refractivity (Wildman–Crippen MR) is 57.9 cm³/mol. The number of rotatable bonds is 5. The van der Waals surface area contributed by atoms with Gasteiger partial charge in [0.05, 0.1) is 13.0 Å². The number of benzene rings is 1. The van der Waals surface area contributed by atoms with Crippen molar-refractivity contribution >= 4 is 5.97 Å². The molecule has 0 aromatic heterocycles. The molecule has 0 saturated carbocycles. The lowest BCUT2D eigenvalue weighted by molar-refractivity contribution is -0.139. The van der Waals surface area contributed by atoms with E-state index in [2.05, 4.69) is 0 Å². The van der Waals surface area contributed by atoms with Crippen molar-refractivity contribution in [1.82, 2.24) is 0 Å². The highest BCUT2D eigenvalue weighted by atomic mass is 19.2. The summed E-state index contributed by atoms with van der Waals surface area (Å²) in [4.78, 5) is 10.6. The van der Waals surface area contributed by atoms with E-state index in [4.69, 9.17) is 9.84 Å². The topological polar surface area (TPSA) is 46.5 Å². The molecule has 0 aliphatic carbocycles. The van der Waals surface area contributed by atoms with Crippen molar-refractivity contribution in [2.75, 3.05) is 6.61 Å². The standard InChI is InChI=1S/C12H14F2O3/c1-12(2,6-11(15)16)7-17-8-3-4-9(13)10(14)5-8/h3-5H,6-7H2,1-2H3,(H,15,16). The Bertz CT molecular complexity index is 416. The molecule has 5 heteroatoms. The van der Waals surface area contributed by atoms with E-state index in [1.165, 1.54) is 6.07 Å². The Kier molecular flexibility index (Phi) is 4.04. The van der Waals surface area contributed by atoms with Crippen LogP contribution < -0.4 is 4.74 Å². The molecule has 3 nitrogen and oxygen atoms in total. The van der Waals surface area contributed by atoms with Crippen molar-refractivity contribution in [3.8, 4) is 5.75 Å². The molecule has 0 aliphatic heterocycles. The van der Waals surface area contributed by atoms with Gasteiger partial charge in [0.2, 0.25) is 0 Å². The molecule has 0 fully saturated rings. The Balaban J connectivity index is 2.60. The third kappa shape index (κ3) is 4.38. The molecule has 0 saturated heterocycles. The van der Waals surface area contributed by atoms with Crippen molar-refractivity contribution in [3.63, 3.8) is 0 Å². The van der Waals surface area contributed by atoms with Crippen LogP contribution in [0.4, 0.5) is 8.78 Å². The molecule has 17 heavy (non-hydrogen) atoms. The molecule has 1 aromatic carbocycles. The first-order chi connectivity index (χ1) is 7.80. The van der Waals surface area contributed by atoms with Gasteiger partial charge in [0.1, 0.15) is 5.75 Å². The fourth-order valence-corrected chi connectivity index (χ4v) is 1.31. The van der Waals surface area contributed by atoms with Gasteiger partial charge in [-0.1, -0.05) is 13.8 Å². The quantitative estimate of drug-likeness (QED) is 0.866. The minimum atomic E-state index is -0.987. The number of carbonyl (C=O) groups is 1. The summed E-state index contributed by atoms with van der Waals surface area (Å²) in [6.45, 7) is 3.56. The van der Waals surface area contributed by atoms with Gasteiger partial charge in [-0.3, -0.25) is 4.79 Å². The van der Waals surface area contributed by atoms with Gasteiger partial charge >= 0.3 is 5.97 Å². The molecule has 94 valence electrons. The van der Waals surface area contributed by atoms with Gasteiger partial charge in [-0.2, -0.15) is 0 Å². The normalized spacial score (nSPS) is 11.3. The highest BCUT2D eigenvalue weighted by Crippen LogP contribution is 2.23. The van der Waals surface area contributed by atoms with E-state index >= 15 is 0 Å². The predicted octanol–water partition coefficient (Wildman–Crippen LogP) is 2.84. The molecule has 0 radical (unpaired) electrons. The van der Waals surface area contributed by atoms with Crippen LogP contribution >= 0.6 is 0 Å². The zero-order valence-electron chi connectivity index (χ0n) is 9.67. The van der Waals surface area contributed by atoms with E-state index in [-0.39, 0.29) is 18.8 Å². The Morgan fingerprint density at radius 2 is 2.00 bits per heavy atom. The third-order valence-electron chi connectivity index (χ3n) is 2.15. The van der Waals surface area contributed by atoms with Crippen LogP contribution in [0.1, 0.15) is 20.3 Å². The summed E-state index contributed by atoms with van der Waals surface area (Å²) in [5.41, 5.74) is -0.573. The molecule has 0 aliphatic rings. The summed E-state index contributed by atoms with van der Waals surface area (Å²) < 4.78 is 30.7. The summed E-state index contributed by atoms with van der Waals surface area (Å²) in [5, 5.41) is 8.66. The molecular weight excluding hydrogens is 230 g/mol. The van der Waals surface area contributed by atoms with E-state index in [0.29, 0.717) is 0 Å². The van der Waals surface area contributed by atoms with Gasteiger partial charge in [0, 0.05) is 11.5 Å². The lowest BCUT2D eigenvalue weighted by atomic mass is 9.91. The number of hydrogen-bond donors (Lipinski definition) is 1. The minimum Gasteiger partial charge on any atom is -0.493 e. The fraction of sp³-hybridized carbons (Fsp3) is 0.417. The second kappa shape index (κ2) is 5.12. The van der Waals surface area contributed by atoms with Crippen molar-refractivity contribution < 1.29 is 23.4 Å². The Morgan fingerprint density at radius 1 is 1.35 bits per heavy atom. The zero-order chi connectivity index (χ0) is 13.1. The van der Waals surface area contributed by atoms with Crippen LogP contribution in [0.5, 0.6) is 5.75 Å². The van der Waals surface area contributed by atoms with Crippen LogP contribution in [0.25, 0.3) is 0 Å². The van der Waals surface area contributed by atoms with Gasteiger partial charge in [0.15, 0.2) is 11.6 Å². The molecular formula is C12H14F2O3. The van der Waals surface area contributed by atoms with Gasteiger partial charge < -0.3 is 9.84 Å². The van der Waals surface area contributed by atoms with Crippen LogP contribution in [0.2, 0.25) is 0 Å². The van der Waals surface area contributed by atoms with Gasteiger partial charge in [-0.05, 0) is 12.1 Å². The van der Waals surface area contributed by atoms with Crippen molar-refractivity contribution in [2.24, 2.45) is 5.41 Å². The number of hydrogen-bond acceptors (Lipinski definition) is 2. The number of carboxylic acid groups (broad SMARTS) is 1. The SMILES string of the molecule is CC(C)(COc1ccc(F)c(F)c1)CC(=O)O. The Hall–Kier alpha value is -1.65. The van der Waals surface area contributed by atoms with Crippen molar-refractivity contribution in [2.45, 2.75) is 20.3 Å². The second-order valence-corrected chi connectivity index (χ2v) is 4.60. The number of aliphatic carboxylic acids is 1. The average molecular weight is 244 g/mol. The monoisotopic (exact) mass is 244 g/mol. The van der Waals surface area contributed by atoms with E-state index < -0.39 is 23.0 Å². The molecule has 0 spiro atoms. The summed E-state index contributed by atoms with van der Waals surface area (Å²) in [6, 6.07) is 3.20. The number of ether oxygens (including phenoxy) is 1. The maximum Gasteiger partial charge on any atom is 0.304 e. The summed E-state index contributed by atoms with van der Waals surface area (Å²) in [6.07, 6.45) is -0.0589. The average Bonchev–Trinajstić information content (AvgIpc) is 2.18. The largest absolute Gasteiger partial charge is 0.493 e. The van der Waals surface area contributed by atoms with Crippen LogP contribution in [0, 0.1) is 17.0 Å². The minimum absolute atomic E-state index is 0.0589. The van der Waals surface area contributed by atoms with Gasteiger partial charge in [-0.25, -0.2) is 8.78 Å². The number of carboxylic acids is 1. The third-order valence-corrected chi connectivity index (χ3v) is 2.15. The van der Waals surface area contributed by atoms with E-state index in [0.717, 1.165) is 12.1 Å². The Labute approximate surface area is 98.0 Å². The second-order valence-electron chi connectivity index (χ2n) is 4.60. The Morgan fingerprint density at radius 3 is 2.53 bits per heavy atom. The van der Waals surface area contributed by atoms with E-state index in [9.17, 15) is 13.6 Å². The molecule has 0 amide bonds. The highest BCUT2D eigenvalue weighted by Gasteiger charge is 2.22. The highest BCUT2D eigenvalue weighted by molar-refractivity contribution is 5.67. The van der Waals surface area contributed by atoms with Gasteiger partial charge in [-0.15, -0.1) is 0 Å². The molecule has 1 aromatic rings. The molecule has 0 heterocycles. The van der Waals surface area contributed by atoms with Crippen molar-refractivity contribution in [3.05, 3.63) is 29.8 Å². The van der Waals surface area contributed by atoms with Crippen molar-refractivity contribution in [1.29, 1.82) is 0 Å². The molecule has 1 N–H and O–H groups in total. The number of halogens is 2. The maximum atomic E-state index is 12.9. The summed E-state index contributed by atoms with van der Waals surface area (Å²) in [7, 11) is 0. The smallest absolute Gasteiger partial charge is 0.304 e. The fourth-order valence-electron chi connectivity index (χ4n) is 1.31. The first kappa shape index (κ1) is 13.4. The summed E-state index contributed by atoms with van der Waals surface area (Å²) >= 11 is 0. The van der Waals surface area contributed by atoms with Gasteiger partial charge in [0.25, 0.3) is 0 Å². The molecule has 0 bridgehead atoms. The maximum absolute atomic E-state index is 12.9. The zero-order valence-corrected chi connectivity index (χ0v) is 9.67. The lowest BCUT2D eigenvalue weighted by Gasteiger charge is -2.22. The van der Waals surface area contributed by atoms with Crippen LogP contribution in [-0.2, 0) is 4.79 Å². The summed E-state index contributed by atoms with van der Waals surface area (Å²) in [5.74, 6) is -2.67. The van der Waals surface area contributed by atoms with E-state index in [1.54, 1.807) is 13.8 Å². The molecule has 0 unspecified atom stereocenters. The van der Waals surface area contributed by atoms with Crippen LogP contribution in [0.15, 0.2) is 18.2 Å². The molecule has 1 rings (SSSR count). The lowest BCUT2D eigenvalue weighted by Crippen LogP contribution is -2.24. The first-order valence-electron chi connectivity index (χ1n) is 5.10.